The number of halogens is 1. The summed E-state index contributed by atoms with van der Waals surface area (Å²) in [6.07, 6.45) is 2.33. The minimum Gasteiger partial charge on any atom is -0.368 e. The molecule has 0 radical (unpaired) electrons. The lowest BCUT2D eigenvalue weighted by Crippen LogP contribution is -2.69. The van der Waals surface area contributed by atoms with Gasteiger partial charge in [0.25, 0.3) is 0 Å². The standard InChI is InChI=1S/C22H26BrN3O/c1-21(12-16-5-4-8-19(23)11-16)15-26(10-9-25-21)22(20(24)27)13-17-6-2-3-7-18(17)14-22/h2-8,11,25H,9-10,12-15H2,1H3,(H2,24,27). The molecule has 1 fully saturated rings. The molecule has 3 N–H and O–H groups in total. The Balaban J connectivity index is 1.59. The second-order valence-corrected chi connectivity index (χ2v) is 9.15. The number of primary amides is 1. The van der Waals surface area contributed by atoms with Gasteiger partial charge in [-0.05, 0) is 42.2 Å². The molecule has 1 saturated heterocycles. The number of amides is 1. The minimum absolute atomic E-state index is 0.101. The quantitative estimate of drug-likeness (QED) is 0.788. The molecule has 1 aliphatic heterocycles. The normalized spacial score (nSPS) is 24.5. The lowest BCUT2D eigenvalue weighted by molar-refractivity contribution is -0.131. The van der Waals surface area contributed by atoms with E-state index >= 15 is 0 Å². The van der Waals surface area contributed by atoms with E-state index in [0.29, 0.717) is 12.8 Å². The van der Waals surface area contributed by atoms with Gasteiger partial charge in [-0.25, -0.2) is 0 Å². The monoisotopic (exact) mass is 427 g/mol. The lowest BCUT2D eigenvalue weighted by atomic mass is 9.85. The number of nitrogens with one attached hydrogen (secondary N) is 1. The van der Waals surface area contributed by atoms with Crippen LogP contribution in [-0.2, 0) is 24.1 Å². The third-order valence-corrected chi connectivity index (χ3v) is 6.60. The summed E-state index contributed by atoms with van der Waals surface area (Å²) in [7, 11) is 0. The Morgan fingerprint density at radius 1 is 1.19 bits per heavy atom. The van der Waals surface area contributed by atoms with E-state index in [9.17, 15) is 4.79 Å². The van der Waals surface area contributed by atoms with Crippen LogP contribution in [0, 0.1) is 0 Å². The largest absolute Gasteiger partial charge is 0.368 e. The lowest BCUT2D eigenvalue weighted by Gasteiger charge is -2.48. The van der Waals surface area contributed by atoms with Crippen LogP contribution in [0.5, 0.6) is 0 Å². The number of carbonyl (C=O) groups is 1. The number of benzene rings is 2. The van der Waals surface area contributed by atoms with Crippen LogP contribution in [0.2, 0.25) is 0 Å². The van der Waals surface area contributed by atoms with E-state index in [-0.39, 0.29) is 11.4 Å². The number of hydrogen-bond donors (Lipinski definition) is 2. The van der Waals surface area contributed by atoms with Crippen LogP contribution in [0.15, 0.2) is 53.0 Å². The van der Waals surface area contributed by atoms with E-state index in [0.717, 1.165) is 30.5 Å². The van der Waals surface area contributed by atoms with E-state index in [2.05, 4.69) is 63.4 Å². The fourth-order valence-electron chi connectivity index (χ4n) is 4.78. The van der Waals surface area contributed by atoms with Crippen molar-refractivity contribution < 1.29 is 4.79 Å². The molecule has 0 aromatic heterocycles. The Morgan fingerprint density at radius 3 is 2.52 bits per heavy atom. The summed E-state index contributed by atoms with van der Waals surface area (Å²) in [5.74, 6) is -0.203. The first-order valence-corrected chi connectivity index (χ1v) is 10.3. The molecule has 2 aromatic rings. The molecular formula is C22H26BrN3O. The van der Waals surface area contributed by atoms with E-state index in [1.54, 1.807) is 0 Å². The van der Waals surface area contributed by atoms with Crippen LogP contribution < -0.4 is 11.1 Å². The molecule has 0 spiro atoms. The van der Waals surface area contributed by atoms with E-state index in [1.807, 2.05) is 18.2 Å². The van der Waals surface area contributed by atoms with Gasteiger partial charge in [-0.15, -0.1) is 0 Å². The van der Waals surface area contributed by atoms with Gasteiger partial charge >= 0.3 is 0 Å². The number of rotatable bonds is 4. The summed E-state index contributed by atoms with van der Waals surface area (Å²) in [4.78, 5) is 15.0. The fourth-order valence-corrected chi connectivity index (χ4v) is 5.23. The van der Waals surface area contributed by atoms with Crippen molar-refractivity contribution >= 4 is 21.8 Å². The number of piperazine rings is 1. The van der Waals surface area contributed by atoms with Crippen molar-refractivity contribution in [1.82, 2.24) is 10.2 Å². The summed E-state index contributed by atoms with van der Waals surface area (Å²) < 4.78 is 1.09. The maximum absolute atomic E-state index is 12.7. The topological polar surface area (TPSA) is 58.4 Å². The zero-order valence-corrected chi connectivity index (χ0v) is 17.3. The fraction of sp³-hybridized carbons (Fsp3) is 0.409. The first-order chi connectivity index (χ1) is 12.9. The molecule has 27 heavy (non-hydrogen) atoms. The van der Waals surface area contributed by atoms with E-state index in [1.165, 1.54) is 16.7 Å². The van der Waals surface area contributed by atoms with Gasteiger partial charge in [0.2, 0.25) is 5.91 Å². The van der Waals surface area contributed by atoms with Gasteiger partial charge in [0.05, 0.1) is 0 Å². The van der Waals surface area contributed by atoms with Crippen molar-refractivity contribution in [3.63, 3.8) is 0 Å². The average Bonchev–Trinajstić information content (AvgIpc) is 3.02. The molecule has 1 atom stereocenters. The molecular weight excluding hydrogens is 402 g/mol. The Kier molecular flexibility index (Phi) is 4.87. The molecule has 0 saturated carbocycles. The van der Waals surface area contributed by atoms with Gasteiger partial charge in [0.15, 0.2) is 0 Å². The summed E-state index contributed by atoms with van der Waals surface area (Å²) >= 11 is 3.56. The SMILES string of the molecule is CC1(Cc2cccc(Br)c2)CN(C2(C(N)=O)Cc3ccccc3C2)CCN1. The van der Waals surface area contributed by atoms with Crippen LogP contribution in [0.3, 0.4) is 0 Å². The molecule has 2 aliphatic rings. The molecule has 4 nitrogen and oxygen atoms in total. The Bertz CT molecular complexity index is 843. The van der Waals surface area contributed by atoms with Crippen molar-refractivity contribution in [2.75, 3.05) is 19.6 Å². The molecule has 142 valence electrons. The molecule has 1 heterocycles. The number of carbonyl (C=O) groups excluding carboxylic acids is 1. The Labute approximate surface area is 169 Å². The highest BCUT2D eigenvalue weighted by atomic mass is 79.9. The van der Waals surface area contributed by atoms with Gasteiger partial charge in [-0.1, -0.05) is 52.3 Å². The van der Waals surface area contributed by atoms with E-state index < -0.39 is 5.54 Å². The second kappa shape index (κ2) is 7.04. The van der Waals surface area contributed by atoms with Gasteiger partial charge in [-0.2, -0.15) is 0 Å². The van der Waals surface area contributed by atoms with Crippen molar-refractivity contribution in [3.05, 3.63) is 69.7 Å². The maximum Gasteiger partial charge on any atom is 0.238 e. The van der Waals surface area contributed by atoms with E-state index in [4.69, 9.17) is 5.73 Å². The zero-order valence-electron chi connectivity index (χ0n) is 15.7. The van der Waals surface area contributed by atoms with Crippen LogP contribution in [0.1, 0.15) is 23.6 Å². The summed E-state index contributed by atoms with van der Waals surface area (Å²) in [6.45, 7) is 4.74. The summed E-state index contributed by atoms with van der Waals surface area (Å²) in [5.41, 5.74) is 9.08. The summed E-state index contributed by atoms with van der Waals surface area (Å²) in [6, 6.07) is 16.8. The molecule has 4 rings (SSSR count). The molecule has 0 bridgehead atoms. The smallest absolute Gasteiger partial charge is 0.238 e. The molecule has 5 heteroatoms. The highest BCUT2D eigenvalue weighted by Gasteiger charge is 2.49. The number of fused-ring (bicyclic) bond motifs is 1. The highest BCUT2D eigenvalue weighted by molar-refractivity contribution is 9.10. The predicted molar refractivity (Wildman–Crippen MR) is 112 cm³/mol. The maximum atomic E-state index is 12.7. The Hall–Kier alpha value is -1.69. The zero-order chi connectivity index (χ0) is 19.1. The number of hydrogen-bond acceptors (Lipinski definition) is 3. The van der Waals surface area contributed by atoms with Gasteiger partial charge < -0.3 is 11.1 Å². The molecule has 1 amide bonds. The third kappa shape index (κ3) is 3.56. The molecule has 2 aromatic carbocycles. The molecule has 1 unspecified atom stereocenters. The third-order valence-electron chi connectivity index (χ3n) is 6.10. The number of nitrogens with zero attached hydrogens (tertiary/aromatic N) is 1. The van der Waals surface area contributed by atoms with Crippen LogP contribution in [0.4, 0.5) is 0 Å². The van der Waals surface area contributed by atoms with Crippen molar-refractivity contribution in [1.29, 1.82) is 0 Å². The molecule has 1 aliphatic carbocycles. The van der Waals surface area contributed by atoms with Gasteiger partial charge in [0, 0.05) is 42.5 Å². The van der Waals surface area contributed by atoms with Crippen LogP contribution in [-0.4, -0.2) is 41.5 Å². The predicted octanol–water partition coefficient (Wildman–Crippen LogP) is 2.68. The van der Waals surface area contributed by atoms with Crippen molar-refractivity contribution in [2.45, 2.75) is 37.3 Å². The first-order valence-electron chi connectivity index (χ1n) is 9.51. The van der Waals surface area contributed by atoms with Crippen molar-refractivity contribution in [2.24, 2.45) is 5.73 Å². The van der Waals surface area contributed by atoms with Crippen LogP contribution in [0.25, 0.3) is 0 Å². The second-order valence-electron chi connectivity index (χ2n) is 8.23. The van der Waals surface area contributed by atoms with Gasteiger partial charge in [-0.3, -0.25) is 9.69 Å². The average molecular weight is 428 g/mol. The number of nitrogens with two attached hydrogens (primary N) is 1. The minimum atomic E-state index is -0.607. The summed E-state index contributed by atoms with van der Waals surface area (Å²) in [5, 5.41) is 3.69. The van der Waals surface area contributed by atoms with Crippen molar-refractivity contribution in [3.8, 4) is 0 Å². The first kappa shape index (κ1) is 18.7. The van der Waals surface area contributed by atoms with Crippen LogP contribution >= 0.6 is 15.9 Å². The van der Waals surface area contributed by atoms with Gasteiger partial charge in [0.1, 0.15) is 5.54 Å². The Morgan fingerprint density at radius 2 is 1.89 bits per heavy atom. The highest BCUT2D eigenvalue weighted by Crippen LogP contribution is 2.36.